The third-order valence-corrected chi connectivity index (χ3v) is 4.08. The molecule has 1 aromatic carbocycles. The van der Waals surface area contributed by atoms with E-state index in [2.05, 4.69) is 27.8 Å². The minimum atomic E-state index is -0.465. The van der Waals surface area contributed by atoms with Gasteiger partial charge in [0.15, 0.2) is 0 Å². The highest BCUT2D eigenvalue weighted by Crippen LogP contribution is 2.26. The second-order valence-corrected chi connectivity index (χ2v) is 5.32. The molecular formula is C15H13N3OS. The molecule has 0 aliphatic carbocycles. The molecule has 0 bridgehead atoms. The van der Waals surface area contributed by atoms with E-state index in [1.807, 2.05) is 12.1 Å². The van der Waals surface area contributed by atoms with Crippen LogP contribution in [0.2, 0.25) is 0 Å². The number of fused-ring (bicyclic) bond motifs is 1. The Kier molecular flexibility index (Phi) is 3.35. The molecule has 0 saturated heterocycles. The number of nitrogens with two attached hydrogens (primary N) is 1. The van der Waals surface area contributed by atoms with Crippen LogP contribution in [0.15, 0.2) is 48.0 Å². The van der Waals surface area contributed by atoms with Gasteiger partial charge in [-0.25, -0.2) is 4.98 Å². The first kappa shape index (κ1) is 12.6. The molecule has 3 rings (SSSR count). The van der Waals surface area contributed by atoms with Crippen molar-refractivity contribution in [1.29, 1.82) is 0 Å². The summed E-state index contributed by atoms with van der Waals surface area (Å²) in [6, 6.07) is 11.7. The summed E-state index contributed by atoms with van der Waals surface area (Å²) in [5, 5.41) is 6.66. The van der Waals surface area contributed by atoms with Crippen molar-refractivity contribution in [3.05, 3.63) is 59.1 Å². The van der Waals surface area contributed by atoms with Crippen molar-refractivity contribution in [3.63, 3.8) is 0 Å². The second kappa shape index (κ2) is 5.30. The van der Waals surface area contributed by atoms with E-state index in [1.54, 1.807) is 23.5 Å². The van der Waals surface area contributed by atoms with Gasteiger partial charge in [0.1, 0.15) is 5.82 Å². The number of carbonyl (C=O) groups excluding carboxylic acids is 1. The standard InChI is InChI=1S/C15H13N3OS/c16-15(19)10-5-6-14(17-7-10)18-8-11-9-20-13-4-2-1-3-12(11)13/h1-7,9H,8H2,(H2,16,19)(H,17,18). The average molecular weight is 283 g/mol. The fourth-order valence-corrected chi connectivity index (χ4v) is 2.96. The number of aromatic nitrogens is 1. The Morgan fingerprint density at radius 2 is 2.10 bits per heavy atom. The topological polar surface area (TPSA) is 68.0 Å². The van der Waals surface area contributed by atoms with Gasteiger partial charge in [-0.3, -0.25) is 4.79 Å². The minimum Gasteiger partial charge on any atom is -0.366 e. The Morgan fingerprint density at radius 1 is 1.25 bits per heavy atom. The molecule has 3 N–H and O–H groups in total. The normalized spacial score (nSPS) is 10.6. The number of thiophene rings is 1. The number of rotatable bonds is 4. The van der Waals surface area contributed by atoms with E-state index in [0.717, 1.165) is 5.82 Å². The highest BCUT2D eigenvalue weighted by Gasteiger charge is 2.04. The lowest BCUT2D eigenvalue weighted by atomic mass is 10.2. The second-order valence-electron chi connectivity index (χ2n) is 4.41. The Hall–Kier alpha value is -2.40. The van der Waals surface area contributed by atoms with Gasteiger partial charge in [0, 0.05) is 17.4 Å². The lowest BCUT2D eigenvalue weighted by Gasteiger charge is -2.05. The zero-order valence-corrected chi connectivity index (χ0v) is 11.5. The van der Waals surface area contributed by atoms with Crippen LogP contribution in [0.4, 0.5) is 5.82 Å². The summed E-state index contributed by atoms with van der Waals surface area (Å²) in [5.74, 6) is 0.262. The molecule has 3 aromatic rings. The molecule has 0 atom stereocenters. The van der Waals surface area contributed by atoms with E-state index >= 15 is 0 Å². The Bertz CT molecular complexity index is 749. The SMILES string of the molecule is NC(=O)c1ccc(NCc2csc3ccccc23)nc1. The number of hydrogen-bond donors (Lipinski definition) is 2. The van der Waals surface area contributed by atoms with Crippen LogP contribution in [-0.2, 0) is 6.54 Å². The van der Waals surface area contributed by atoms with Crippen molar-refractivity contribution in [1.82, 2.24) is 4.98 Å². The molecule has 0 saturated carbocycles. The molecular weight excluding hydrogens is 270 g/mol. The number of carbonyl (C=O) groups is 1. The van der Waals surface area contributed by atoms with E-state index in [9.17, 15) is 4.79 Å². The van der Waals surface area contributed by atoms with Gasteiger partial charge in [-0.05, 0) is 34.5 Å². The maximum Gasteiger partial charge on any atom is 0.250 e. The highest BCUT2D eigenvalue weighted by atomic mass is 32.1. The Morgan fingerprint density at radius 3 is 2.85 bits per heavy atom. The number of benzene rings is 1. The summed E-state index contributed by atoms with van der Waals surface area (Å²) in [6.45, 7) is 0.701. The first-order valence-corrected chi connectivity index (χ1v) is 7.07. The average Bonchev–Trinajstić information content (AvgIpc) is 2.89. The van der Waals surface area contributed by atoms with Gasteiger partial charge < -0.3 is 11.1 Å². The maximum absolute atomic E-state index is 11.0. The summed E-state index contributed by atoms with van der Waals surface area (Å²) in [4.78, 5) is 15.1. The van der Waals surface area contributed by atoms with Crippen LogP contribution in [0.25, 0.3) is 10.1 Å². The summed E-state index contributed by atoms with van der Waals surface area (Å²) in [6.07, 6.45) is 1.48. The zero-order chi connectivity index (χ0) is 13.9. The fraction of sp³-hybridized carbons (Fsp3) is 0.0667. The first-order chi connectivity index (χ1) is 9.74. The number of pyridine rings is 1. The van der Waals surface area contributed by atoms with Crippen LogP contribution in [-0.4, -0.2) is 10.9 Å². The highest BCUT2D eigenvalue weighted by molar-refractivity contribution is 7.17. The van der Waals surface area contributed by atoms with Gasteiger partial charge >= 0.3 is 0 Å². The molecule has 0 aliphatic rings. The molecule has 0 unspecified atom stereocenters. The van der Waals surface area contributed by atoms with Gasteiger partial charge in [-0.1, -0.05) is 18.2 Å². The predicted octanol–water partition coefficient (Wildman–Crippen LogP) is 3.01. The summed E-state index contributed by atoms with van der Waals surface area (Å²) >= 11 is 1.73. The molecule has 2 aromatic heterocycles. The molecule has 0 aliphatic heterocycles. The van der Waals surface area contributed by atoms with E-state index in [0.29, 0.717) is 12.1 Å². The van der Waals surface area contributed by atoms with Crippen LogP contribution in [0, 0.1) is 0 Å². The number of primary amides is 1. The molecule has 20 heavy (non-hydrogen) atoms. The van der Waals surface area contributed by atoms with Gasteiger partial charge in [0.2, 0.25) is 5.91 Å². The van der Waals surface area contributed by atoms with Gasteiger partial charge in [-0.2, -0.15) is 0 Å². The number of anilines is 1. The summed E-state index contributed by atoms with van der Waals surface area (Å²) < 4.78 is 1.28. The van der Waals surface area contributed by atoms with Crippen LogP contribution in [0.3, 0.4) is 0 Å². The van der Waals surface area contributed by atoms with E-state index in [4.69, 9.17) is 5.73 Å². The zero-order valence-electron chi connectivity index (χ0n) is 10.7. The van der Waals surface area contributed by atoms with Crippen molar-refractivity contribution >= 4 is 33.1 Å². The van der Waals surface area contributed by atoms with Crippen molar-refractivity contribution < 1.29 is 4.79 Å². The third kappa shape index (κ3) is 2.48. The lowest BCUT2D eigenvalue weighted by molar-refractivity contribution is 0.1000. The molecule has 4 nitrogen and oxygen atoms in total. The third-order valence-electron chi connectivity index (χ3n) is 3.07. The van der Waals surface area contributed by atoms with Crippen molar-refractivity contribution in [3.8, 4) is 0 Å². The first-order valence-electron chi connectivity index (χ1n) is 6.19. The van der Waals surface area contributed by atoms with Crippen LogP contribution in [0.1, 0.15) is 15.9 Å². The van der Waals surface area contributed by atoms with Crippen molar-refractivity contribution in [2.24, 2.45) is 5.73 Å². The van der Waals surface area contributed by atoms with E-state index < -0.39 is 5.91 Å². The monoisotopic (exact) mass is 283 g/mol. The molecule has 1 amide bonds. The van der Waals surface area contributed by atoms with Crippen molar-refractivity contribution in [2.45, 2.75) is 6.54 Å². The van der Waals surface area contributed by atoms with Crippen LogP contribution >= 0.6 is 11.3 Å². The number of nitrogens with zero attached hydrogens (tertiary/aromatic N) is 1. The van der Waals surface area contributed by atoms with Gasteiger partial charge in [-0.15, -0.1) is 11.3 Å². The molecule has 5 heteroatoms. The van der Waals surface area contributed by atoms with Crippen LogP contribution in [0.5, 0.6) is 0 Å². The predicted molar refractivity (Wildman–Crippen MR) is 81.9 cm³/mol. The number of hydrogen-bond acceptors (Lipinski definition) is 4. The number of amides is 1. The fourth-order valence-electron chi connectivity index (χ4n) is 2.00. The maximum atomic E-state index is 11.0. The molecule has 0 fully saturated rings. The van der Waals surface area contributed by atoms with Gasteiger partial charge in [0.25, 0.3) is 0 Å². The van der Waals surface area contributed by atoms with E-state index in [1.165, 1.54) is 21.8 Å². The smallest absolute Gasteiger partial charge is 0.250 e. The van der Waals surface area contributed by atoms with Crippen molar-refractivity contribution in [2.75, 3.05) is 5.32 Å². The quantitative estimate of drug-likeness (QED) is 0.773. The van der Waals surface area contributed by atoms with Gasteiger partial charge in [0.05, 0.1) is 5.56 Å². The van der Waals surface area contributed by atoms with E-state index in [-0.39, 0.29) is 0 Å². The Balaban J connectivity index is 1.74. The summed E-state index contributed by atoms with van der Waals surface area (Å²) in [7, 11) is 0. The summed E-state index contributed by atoms with van der Waals surface area (Å²) in [5.41, 5.74) is 6.83. The molecule has 100 valence electrons. The van der Waals surface area contributed by atoms with Crippen LogP contribution < -0.4 is 11.1 Å². The lowest BCUT2D eigenvalue weighted by Crippen LogP contribution is -2.11. The number of nitrogens with one attached hydrogen (secondary N) is 1. The molecule has 0 radical (unpaired) electrons. The minimum absolute atomic E-state index is 0.413. The molecule has 2 heterocycles. The molecule has 0 spiro atoms. The largest absolute Gasteiger partial charge is 0.366 e. The Labute approximate surface area is 120 Å².